The maximum atomic E-state index is 13.0. The molecule has 1 aliphatic heterocycles. The lowest BCUT2D eigenvalue weighted by atomic mass is 9.69. The number of carbonyl (C=O) groups excluding carboxylic acids is 1. The van der Waals surface area contributed by atoms with Crippen LogP contribution in [0.3, 0.4) is 0 Å². The van der Waals surface area contributed by atoms with Crippen molar-refractivity contribution in [2.24, 2.45) is 5.41 Å². The van der Waals surface area contributed by atoms with Crippen LogP contribution in [0.25, 0.3) is 0 Å². The van der Waals surface area contributed by atoms with Crippen LogP contribution >= 0.6 is 23.4 Å². The molecule has 0 aromatic heterocycles. The minimum absolute atomic E-state index is 0.0698. The second-order valence-electron chi connectivity index (χ2n) is 7.23. The zero-order valence-electron chi connectivity index (χ0n) is 14.6. The van der Waals surface area contributed by atoms with Gasteiger partial charge in [-0.2, -0.15) is 5.26 Å². The largest absolute Gasteiger partial charge is 0.352 e. The Hall–Kier alpha value is -1.70. The number of dihydropyridines is 1. The monoisotopic (exact) mass is 372 g/mol. The molecule has 0 saturated heterocycles. The van der Waals surface area contributed by atoms with E-state index in [1.54, 1.807) is 11.8 Å². The summed E-state index contributed by atoms with van der Waals surface area (Å²) in [4.78, 5) is 13.0. The molecule has 0 fully saturated rings. The van der Waals surface area contributed by atoms with E-state index in [9.17, 15) is 10.1 Å². The van der Waals surface area contributed by atoms with E-state index in [0.717, 1.165) is 34.0 Å². The lowest BCUT2D eigenvalue weighted by molar-refractivity contribution is -0.118. The molecule has 0 saturated carbocycles. The molecule has 2 aliphatic rings. The van der Waals surface area contributed by atoms with Gasteiger partial charge >= 0.3 is 0 Å². The van der Waals surface area contributed by atoms with Crippen LogP contribution in [0.4, 0.5) is 0 Å². The van der Waals surface area contributed by atoms with Crippen LogP contribution in [0.15, 0.2) is 46.1 Å². The van der Waals surface area contributed by atoms with Gasteiger partial charge in [0.25, 0.3) is 0 Å². The van der Waals surface area contributed by atoms with Gasteiger partial charge in [-0.3, -0.25) is 4.79 Å². The molecule has 0 bridgehead atoms. The summed E-state index contributed by atoms with van der Waals surface area (Å²) in [7, 11) is 0. The summed E-state index contributed by atoms with van der Waals surface area (Å²) >= 11 is 7.65. The predicted octanol–water partition coefficient (Wildman–Crippen LogP) is 5.16. The molecule has 1 heterocycles. The van der Waals surface area contributed by atoms with Crippen molar-refractivity contribution in [2.45, 2.75) is 39.5 Å². The number of rotatable bonds is 3. The van der Waals surface area contributed by atoms with E-state index in [-0.39, 0.29) is 17.1 Å². The lowest BCUT2D eigenvalue weighted by Crippen LogP contribution is -2.36. The fourth-order valence-electron chi connectivity index (χ4n) is 3.62. The van der Waals surface area contributed by atoms with Gasteiger partial charge in [0, 0.05) is 22.7 Å². The number of hydrogen-bond acceptors (Lipinski definition) is 4. The van der Waals surface area contributed by atoms with Crippen molar-refractivity contribution in [1.82, 2.24) is 5.32 Å². The first-order valence-corrected chi connectivity index (χ1v) is 9.78. The van der Waals surface area contributed by atoms with Crippen molar-refractivity contribution < 1.29 is 4.79 Å². The zero-order valence-corrected chi connectivity index (χ0v) is 16.2. The first-order valence-electron chi connectivity index (χ1n) is 8.42. The zero-order chi connectivity index (χ0) is 18.2. The van der Waals surface area contributed by atoms with E-state index < -0.39 is 0 Å². The summed E-state index contributed by atoms with van der Waals surface area (Å²) < 4.78 is 0. The molecule has 3 nitrogen and oxygen atoms in total. The Kier molecular flexibility index (Phi) is 4.99. The standard InChI is InChI=1S/C20H21ClN2OS/c1-4-25-19-14(11-22)17(12-5-7-13(21)8-6-12)18-15(23-19)9-20(2,3)10-16(18)24/h5-8,17,23H,4,9-10H2,1-3H3/t17-/m1/s1. The topological polar surface area (TPSA) is 52.9 Å². The lowest BCUT2D eigenvalue weighted by Gasteiger charge is -2.39. The number of thioether (sulfide) groups is 1. The maximum absolute atomic E-state index is 13.0. The minimum Gasteiger partial charge on any atom is -0.352 e. The third-order valence-electron chi connectivity index (χ3n) is 4.62. The van der Waals surface area contributed by atoms with Crippen molar-refractivity contribution in [3.63, 3.8) is 0 Å². The SMILES string of the molecule is CCSC1=C(C#N)[C@@H](c2ccc(Cl)cc2)C2=C(CC(C)(C)CC2=O)N1. The Morgan fingerprint density at radius 3 is 2.60 bits per heavy atom. The first-order chi connectivity index (χ1) is 11.9. The number of carbonyl (C=O) groups is 1. The molecule has 1 atom stereocenters. The van der Waals surface area contributed by atoms with E-state index >= 15 is 0 Å². The third-order valence-corrected chi connectivity index (χ3v) is 5.77. The van der Waals surface area contributed by atoms with Gasteiger partial charge in [-0.05, 0) is 35.3 Å². The first kappa shape index (κ1) is 18.1. The summed E-state index contributed by atoms with van der Waals surface area (Å²) in [6.45, 7) is 6.29. The van der Waals surface area contributed by atoms with Crippen LogP contribution in [-0.2, 0) is 4.79 Å². The van der Waals surface area contributed by atoms with Gasteiger partial charge in [0.1, 0.15) is 0 Å². The quantitative estimate of drug-likeness (QED) is 0.796. The minimum atomic E-state index is -0.309. The summed E-state index contributed by atoms with van der Waals surface area (Å²) in [5, 5.41) is 14.8. The molecule has 1 aromatic rings. The smallest absolute Gasteiger partial charge is 0.162 e. The number of benzene rings is 1. The Bertz CT molecular complexity index is 815. The van der Waals surface area contributed by atoms with Gasteiger partial charge in [-0.25, -0.2) is 0 Å². The van der Waals surface area contributed by atoms with Crippen LogP contribution in [0, 0.1) is 16.7 Å². The second kappa shape index (κ2) is 6.90. The number of nitriles is 1. The van der Waals surface area contributed by atoms with E-state index in [1.807, 2.05) is 24.3 Å². The number of halogens is 1. The molecule has 0 spiro atoms. The Labute approximate surface area is 158 Å². The number of allylic oxidation sites excluding steroid dienone is 3. The summed E-state index contributed by atoms with van der Waals surface area (Å²) in [6.07, 6.45) is 1.32. The molecular formula is C20H21ClN2OS. The fourth-order valence-corrected chi connectivity index (χ4v) is 4.55. The van der Waals surface area contributed by atoms with Gasteiger partial charge in [-0.15, -0.1) is 11.8 Å². The molecule has 1 N–H and O–H groups in total. The summed E-state index contributed by atoms with van der Waals surface area (Å²) in [6, 6.07) is 9.82. The molecule has 1 aliphatic carbocycles. The number of nitrogens with zero attached hydrogens (tertiary/aromatic N) is 1. The Morgan fingerprint density at radius 1 is 1.32 bits per heavy atom. The number of hydrogen-bond donors (Lipinski definition) is 1. The van der Waals surface area contributed by atoms with Gasteiger partial charge in [0.15, 0.2) is 5.78 Å². The molecule has 1 aromatic carbocycles. The van der Waals surface area contributed by atoms with Crippen LogP contribution in [0.5, 0.6) is 0 Å². The highest BCUT2D eigenvalue weighted by atomic mass is 35.5. The van der Waals surface area contributed by atoms with Gasteiger partial charge < -0.3 is 5.32 Å². The van der Waals surface area contributed by atoms with Crippen molar-refractivity contribution >= 4 is 29.1 Å². The Balaban J connectivity index is 2.18. The average Bonchev–Trinajstić information content (AvgIpc) is 2.53. The van der Waals surface area contributed by atoms with Crippen molar-refractivity contribution in [1.29, 1.82) is 5.26 Å². The second-order valence-corrected chi connectivity index (χ2v) is 8.94. The van der Waals surface area contributed by atoms with Crippen LogP contribution < -0.4 is 5.32 Å². The molecule has 0 amide bonds. The predicted molar refractivity (Wildman–Crippen MR) is 103 cm³/mol. The van der Waals surface area contributed by atoms with Gasteiger partial charge in [0.05, 0.1) is 22.6 Å². The number of Topliss-reactive ketones (excluding diaryl/α,β-unsaturated/α-hetero) is 1. The fraction of sp³-hybridized carbons (Fsp3) is 0.400. The highest BCUT2D eigenvalue weighted by Crippen LogP contribution is 2.47. The number of ketones is 1. The van der Waals surface area contributed by atoms with Crippen LogP contribution in [0.1, 0.15) is 45.1 Å². The molecular weight excluding hydrogens is 352 g/mol. The van der Waals surface area contributed by atoms with Gasteiger partial charge in [0.2, 0.25) is 0 Å². The van der Waals surface area contributed by atoms with Crippen molar-refractivity contribution in [3.8, 4) is 6.07 Å². The Morgan fingerprint density at radius 2 is 2.00 bits per heavy atom. The van der Waals surface area contributed by atoms with E-state index in [4.69, 9.17) is 11.6 Å². The molecule has 0 unspecified atom stereocenters. The maximum Gasteiger partial charge on any atom is 0.162 e. The van der Waals surface area contributed by atoms with Crippen LogP contribution in [0.2, 0.25) is 5.02 Å². The molecule has 25 heavy (non-hydrogen) atoms. The van der Waals surface area contributed by atoms with E-state index in [1.165, 1.54) is 0 Å². The average molecular weight is 373 g/mol. The third kappa shape index (κ3) is 3.49. The highest BCUT2D eigenvalue weighted by Gasteiger charge is 2.41. The van der Waals surface area contributed by atoms with E-state index in [0.29, 0.717) is 17.0 Å². The number of nitrogens with one attached hydrogen (secondary N) is 1. The van der Waals surface area contributed by atoms with Gasteiger partial charge in [-0.1, -0.05) is 44.5 Å². The molecule has 3 rings (SSSR count). The normalized spacial score (nSPS) is 22.4. The van der Waals surface area contributed by atoms with Crippen LogP contribution in [-0.4, -0.2) is 11.5 Å². The molecule has 0 radical (unpaired) electrons. The van der Waals surface area contributed by atoms with E-state index in [2.05, 4.69) is 32.2 Å². The van der Waals surface area contributed by atoms with Crippen molar-refractivity contribution in [2.75, 3.05) is 5.75 Å². The van der Waals surface area contributed by atoms with Crippen molar-refractivity contribution in [3.05, 3.63) is 56.7 Å². The highest BCUT2D eigenvalue weighted by molar-refractivity contribution is 8.03. The summed E-state index contributed by atoms with van der Waals surface area (Å²) in [5.41, 5.74) is 3.22. The molecule has 5 heteroatoms. The summed E-state index contributed by atoms with van der Waals surface area (Å²) in [5.74, 6) is 0.684. The molecule has 130 valence electrons.